The Morgan fingerprint density at radius 3 is 2.05 bits per heavy atom. The Labute approximate surface area is 116 Å². The molecule has 0 aliphatic heterocycles. The number of benzene rings is 1. The van der Waals surface area contributed by atoms with E-state index in [1.54, 1.807) is 31.4 Å². The van der Waals surface area contributed by atoms with Crippen LogP contribution in [0.25, 0.3) is 0 Å². The summed E-state index contributed by atoms with van der Waals surface area (Å²) < 4.78 is 5.06. The van der Waals surface area contributed by atoms with E-state index < -0.39 is 0 Å². The van der Waals surface area contributed by atoms with Crippen LogP contribution in [0.15, 0.2) is 41.1 Å². The number of methoxy groups -OCH3 is 1. The normalized spacial score (nSPS) is 9.21. The lowest BCUT2D eigenvalue weighted by Gasteiger charge is -2.05. The number of hydrogen-bond acceptors (Lipinski definition) is 5. The third-order valence-corrected chi connectivity index (χ3v) is 3.12. The van der Waals surface area contributed by atoms with Gasteiger partial charge in [-0.05, 0) is 42.8 Å². The van der Waals surface area contributed by atoms with Crippen molar-refractivity contribution in [3.63, 3.8) is 0 Å². The Hall–Kier alpha value is -1.98. The topological polar surface area (TPSA) is 83.0 Å². The first kappa shape index (κ1) is 15.1. The van der Waals surface area contributed by atoms with Crippen LogP contribution in [0, 0.1) is 10.8 Å². The molecule has 4 N–H and O–H groups in total. The van der Waals surface area contributed by atoms with Gasteiger partial charge >= 0.3 is 0 Å². The highest BCUT2D eigenvalue weighted by molar-refractivity contribution is 7.08. The number of thiophene rings is 1. The predicted octanol–water partition coefficient (Wildman–Crippen LogP) is 2.77. The van der Waals surface area contributed by atoms with Gasteiger partial charge in [0.15, 0.2) is 0 Å². The molecular formula is C14H17N3OS. The monoisotopic (exact) mass is 275 g/mol. The molecule has 0 fully saturated rings. The van der Waals surface area contributed by atoms with Gasteiger partial charge in [-0.15, -0.1) is 0 Å². The van der Waals surface area contributed by atoms with E-state index >= 15 is 0 Å². The van der Waals surface area contributed by atoms with Gasteiger partial charge in [0, 0.05) is 16.5 Å². The smallest absolute Gasteiger partial charge is 0.118 e. The van der Waals surface area contributed by atoms with Crippen LogP contribution in [-0.2, 0) is 0 Å². The summed E-state index contributed by atoms with van der Waals surface area (Å²) in [6, 6.07) is 9.03. The van der Waals surface area contributed by atoms with Crippen molar-refractivity contribution in [2.75, 3.05) is 14.2 Å². The second-order valence-electron chi connectivity index (χ2n) is 3.49. The molecule has 0 amide bonds. The fourth-order valence-corrected chi connectivity index (χ4v) is 2.10. The molecule has 1 heterocycles. The number of nitrogens with one attached hydrogen (secondary N) is 2. The Kier molecular flexibility index (Phi) is 5.92. The summed E-state index contributed by atoms with van der Waals surface area (Å²) in [5.74, 6) is 0.753. The second-order valence-corrected chi connectivity index (χ2v) is 4.27. The van der Waals surface area contributed by atoms with Crippen molar-refractivity contribution in [1.29, 1.82) is 10.8 Å². The van der Waals surface area contributed by atoms with Gasteiger partial charge in [0.1, 0.15) is 5.75 Å². The van der Waals surface area contributed by atoms with Crippen LogP contribution in [-0.4, -0.2) is 25.6 Å². The van der Waals surface area contributed by atoms with Crippen molar-refractivity contribution < 1.29 is 4.74 Å². The maximum absolute atomic E-state index is 7.98. The minimum absolute atomic E-state index is 0.228. The highest BCUT2D eigenvalue weighted by atomic mass is 32.1. The van der Waals surface area contributed by atoms with Gasteiger partial charge in [-0.1, -0.05) is 0 Å². The summed E-state index contributed by atoms with van der Waals surface area (Å²) in [6.45, 7) is 0. The molecule has 1 aromatic carbocycles. The predicted molar refractivity (Wildman–Crippen MR) is 81.1 cm³/mol. The third-order valence-electron chi connectivity index (χ3n) is 2.44. The zero-order valence-electron chi connectivity index (χ0n) is 10.9. The van der Waals surface area contributed by atoms with Gasteiger partial charge in [0.2, 0.25) is 0 Å². The summed E-state index contributed by atoms with van der Waals surface area (Å²) in [6.07, 6.45) is 0. The van der Waals surface area contributed by atoms with E-state index in [1.165, 1.54) is 18.4 Å². The largest absolute Gasteiger partial charge is 0.497 e. The molecule has 0 radical (unpaired) electrons. The molecule has 0 aliphatic carbocycles. The van der Waals surface area contributed by atoms with Crippen molar-refractivity contribution in [1.82, 2.24) is 0 Å². The molecular weight excluding hydrogens is 258 g/mol. The van der Waals surface area contributed by atoms with Gasteiger partial charge < -0.3 is 10.5 Å². The standard InChI is InChI=1S/C13H12N2OS.CH5N/c1-16-11-4-2-9(3-5-11)12(14)13(15)10-6-7-17-8-10;1-2/h2-8,14-15H,1H3;2H2,1H3. The molecule has 0 atom stereocenters. The molecule has 4 nitrogen and oxygen atoms in total. The first-order chi connectivity index (χ1) is 9.22. The van der Waals surface area contributed by atoms with Crippen molar-refractivity contribution in [3.05, 3.63) is 52.2 Å². The maximum Gasteiger partial charge on any atom is 0.118 e. The van der Waals surface area contributed by atoms with Crippen LogP contribution in [0.2, 0.25) is 0 Å². The molecule has 0 saturated heterocycles. The second kappa shape index (κ2) is 7.45. The molecule has 0 bridgehead atoms. The van der Waals surface area contributed by atoms with Crippen LogP contribution in [0.3, 0.4) is 0 Å². The Balaban J connectivity index is 0.000000861. The van der Waals surface area contributed by atoms with E-state index in [1.807, 2.05) is 16.8 Å². The number of rotatable bonds is 4. The summed E-state index contributed by atoms with van der Waals surface area (Å²) in [4.78, 5) is 0. The highest BCUT2D eigenvalue weighted by Gasteiger charge is 2.10. The molecule has 2 aromatic rings. The average Bonchev–Trinajstić information content (AvgIpc) is 3.02. The van der Waals surface area contributed by atoms with Crippen molar-refractivity contribution >= 4 is 22.8 Å². The summed E-state index contributed by atoms with van der Waals surface area (Å²) >= 11 is 1.53. The van der Waals surface area contributed by atoms with Crippen LogP contribution in [0.5, 0.6) is 5.75 Å². The average molecular weight is 275 g/mol. The fraction of sp³-hybridized carbons (Fsp3) is 0.143. The lowest BCUT2D eigenvalue weighted by molar-refractivity contribution is 0.415. The molecule has 0 saturated carbocycles. The van der Waals surface area contributed by atoms with E-state index in [0.717, 1.165) is 16.9 Å². The summed E-state index contributed by atoms with van der Waals surface area (Å²) in [5, 5.41) is 19.7. The van der Waals surface area contributed by atoms with Gasteiger partial charge in [-0.3, -0.25) is 10.8 Å². The number of ether oxygens (including phenoxy) is 1. The van der Waals surface area contributed by atoms with Crippen LogP contribution >= 0.6 is 11.3 Å². The fourth-order valence-electron chi connectivity index (χ4n) is 1.45. The molecule has 19 heavy (non-hydrogen) atoms. The Bertz CT molecular complexity index is 532. The Morgan fingerprint density at radius 1 is 1.00 bits per heavy atom. The van der Waals surface area contributed by atoms with Crippen LogP contribution < -0.4 is 10.5 Å². The van der Waals surface area contributed by atoms with Gasteiger partial charge in [-0.2, -0.15) is 11.3 Å². The quantitative estimate of drug-likeness (QED) is 0.750. The third kappa shape index (κ3) is 3.74. The molecule has 100 valence electrons. The minimum Gasteiger partial charge on any atom is -0.497 e. The van der Waals surface area contributed by atoms with Crippen LogP contribution in [0.1, 0.15) is 11.1 Å². The maximum atomic E-state index is 7.98. The van der Waals surface area contributed by atoms with Gasteiger partial charge in [-0.25, -0.2) is 0 Å². The SMILES string of the molecule is CN.COc1ccc(C(=N)C(=N)c2ccsc2)cc1. The number of nitrogens with two attached hydrogens (primary N) is 1. The summed E-state index contributed by atoms with van der Waals surface area (Å²) in [5.41, 5.74) is 6.49. The van der Waals surface area contributed by atoms with Crippen molar-refractivity contribution in [2.45, 2.75) is 0 Å². The van der Waals surface area contributed by atoms with Crippen molar-refractivity contribution in [3.8, 4) is 5.75 Å². The molecule has 1 aromatic heterocycles. The van der Waals surface area contributed by atoms with Crippen molar-refractivity contribution in [2.24, 2.45) is 5.73 Å². The Morgan fingerprint density at radius 2 is 1.58 bits per heavy atom. The zero-order valence-corrected chi connectivity index (χ0v) is 11.8. The van der Waals surface area contributed by atoms with E-state index in [0.29, 0.717) is 0 Å². The van der Waals surface area contributed by atoms with E-state index in [9.17, 15) is 0 Å². The molecule has 0 spiro atoms. The highest BCUT2D eigenvalue weighted by Crippen LogP contribution is 2.14. The zero-order chi connectivity index (χ0) is 14.3. The molecule has 5 heteroatoms. The first-order valence-corrected chi connectivity index (χ1v) is 6.59. The van der Waals surface area contributed by atoms with E-state index in [4.69, 9.17) is 15.6 Å². The summed E-state index contributed by atoms with van der Waals surface area (Å²) in [7, 11) is 3.10. The lowest BCUT2D eigenvalue weighted by atomic mass is 10.0. The van der Waals surface area contributed by atoms with Crippen LogP contribution in [0.4, 0.5) is 0 Å². The molecule has 0 unspecified atom stereocenters. The minimum atomic E-state index is 0.228. The lowest BCUT2D eigenvalue weighted by Crippen LogP contribution is -2.13. The number of hydrogen-bond donors (Lipinski definition) is 3. The van der Waals surface area contributed by atoms with Gasteiger partial charge in [0.25, 0.3) is 0 Å². The molecule has 2 rings (SSSR count). The van der Waals surface area contributed by atoms with Gasteiger partial charge in [0.05, 0.1) is 18.5 Å². The first-order valence-electron chi connectivity index (χ1n) is 5.64. The molecule has 0 aliphatic rings. The van der Waals surface area contributed by atoms with E-state index in [2.05, 4.69) is 5.73 Å². The van der Waals surface area contributed by atoms with E-state index in [-0.39, 0.29) is 11.4 Å².